The van der Waals surface area contributed by atoms with E-state index >= 15 is 0 Å². The molecule has 0 bridgehead atoms. The lowest BCUT2D eigenvalue weighted by Gasteiger charge is -1.99. The van der Waals surface area contributed by atoms with Crippen LogP contribution in [0.3, 0.4) is 0 Å². The molecule has 4 nitrogen and oxygen atoms in total. The average molecular weight is 331 g/mol. The summed E-state index contributed by atoms with van der Waals surface area (Å²) in [4.78, 5) is 12.6. The van der Waals surface area contributed by atoms with Crippen molar-refractivity contribution in [2.75, 3.05) is 0 Å². The number of hydrogen-bond acceptors (Lipinski definition) is 4. The van der Waals surface area contributed by atoms with E-state index in [9.17, 15) is 9.90 Å². The van der Waals surface area contributed by atoms with E-state index in [1.165, 1.54) is 17.6 Å². The topological polar surface area (TPSA) is 61.7 Å². The first kappa shape index (κ1) is 14.6. The summed E-state index contributed by atoms with van der Waals surface area (Å²) in [5.41, 5.74) is 2.94. The van der Waals surface area contributed by atoms with E-state index in [-0.39, 0.29) is 11.7 Å². The lowest BCUT2D eigenvalue weighted by atomic mass is 10.2. The zero-order valence-electron chi connectivity index (χ0n) is 11.3. The van der Waals surface area contributed by atoms with Gasteiger partial charge in [-0.3, -0.25) is 4.79 Å². The maximum Gasteiger partial charge on any atom is 0.283 e. The number of nitrogens with zero attached hydrogens (tertiary/aromatic N) is 1. The molecule has 0 spiro atoms. The van der Waals surface area contributed by atoms with E-state index in [1.807, 2.05) is 24.3 Å². The molecule has 1 heterocycles. The van der Waals surface area contributed by atoms with Crippen LogP contribution in [0, 0.1) is 0 Å². The van der Waals surface area contributed by atoms with Crippen LogP contribution in [0.2, 0.25) is 5.02 Å². The van der Waals surface area contributed by atoms with Gasteiger partial charge in [0.05, 0.1) is 11.2 Å². The Bertz CT molecular complexity index is 873. The maximum atomic E-state index is 12.1. The first-order valence-corrected chi connectivity index (χ1v) is 7.64. The van der Waals surface area contributed by atoms with Crippen molar-refractivity contribution in [3.63, 3.8) is 0 Å². The first-order chi connectivity index (χ1) is 10.7. The van der Waals surface area contributed by atoms with E-state index in [4.69, 9.17) is 11.6 Å². The summed E-state index contributed by atoms with van der Waals surface area (Å²) in [6, 6.07) is 14.3. The number of phenols is 1. The van der Waals surface area contributed by atoms with Gasteiger partial charge in [-0.2, -0.15) is 5.10 Å². The van der Waals surface area contributed by atoms with Gasteiger partial charge >= 0.3 is 0 Å². The lowest BCUT2D eigenvalue weighted by molar-refractivity contribution is 0.0959. The van der Waals surface area contributed by atoms with E-state index in [0.29, 0.717) is 15.5 Å². The molecular formula is C16H11ClN2O2S. The van der Waals surface area contributed by atoms with Crippen LogP contribution in [0.1, 0.15) is 15.2 Å². The number of aromatic hydroxyl groups is 1. The summed E-state index contributed by atoms with van der Waals surface area (Å²) in [6.07, 6.45) is 1.38. The second-order valence-electron chi connectivity index (χ2n) is 4.50. The van der Waals surface area contributed by atoms with Gasteiger partial charge in [0.25, 0.3) is 5.91 Å². The Labute approximate surface area is 135 Å². The number of fused-ring (bicyclic) bond motifs is 1. The Morgan fingerprint density at radius 2 is 1.91 bits per heavy atom. The number of hydrogen-bond donors (Lipinski definition) is 2. The minimum atomic E-state index is -0.377. The molecule has 110 valence electrons. The largest absolute Gasteiger partial charge is 0.507 e. The predicted octanol–water partition coefficient (Wildman–Crippen LogP) is 4.02. The highest BCUT2D eigenvalue weighted by molar-refractivity contribution is 7.21. The Kier molecular flexibility index (Phi) is 4.09. The standard InChI is InChI=1S/C16H11ClN2O2S/c17-14-11-6-2-4-8-13(11)22-15(14)16(21)19-18-9-10-5-1-3-7-12(10)20/h1-9,20H,(H,19,21)/b18-9-. The minimum absolute atomic E-state index is 0.0976. The number of rotatable bonds is 3. The van der Waals surface area contributed by atoms with Crippen LogP contribution >= 0.6 is 22.9 Å². The van der Waals surface area contributed by atoms with Gasteiger partial charge in [-0.05, 0) is 18.2 Å². The molecule has 2 N–H and O–H groups in total. The molecule has 22 heavy (non-hydrogen) atoms. The van der Waals surface area contributed by atoms with Crippen LogP contribution in [-0.2, 0) is 0 Å². The molecule has 3 rings (SSSR count). The van der Waals surface area contributed by atoms with E-state index in [0.717, 1.165) is 10.1 Å². The molecule has 0 radical (unpaired) electrons. The van der Waals surface area contributed by atoms with Gasteiger partial charge in [-0.15, -0.1) is 11.3 Å². The number of phenolic OH excluding ortho intramolecular Hbond substituents is 1. The van der Waals surface area contributed by atoms with Crippen molar-refractivity contribution >= 4 is 45.1 Å². The molecule has 6 heteroatoms. The zero-order valence-corrected chi connectivity index (χ0v) is 12.9. The Morgan fingerprint density at radius 1 is 1.18 bits per heavy atom. The third-order valence-corrected chi connectivity index (χ3v) is 4.72. The molecule has 0 aliphatic heterocycles. The van der Waals surface area contributed by atoms with Gasteiger partial charge in [0.1, 0.15) is 10.6 Å². The molecule has 0 unspecified atom stereocenters. The average Bonchev–Trinajstić information content (AvgIpc) is 2.87. The summed E-state index contributed by atoms with van der Waals surface area (Å²) >= 11 is 7.55. The molecule has 1 amide bonds. The molecule has 0 saturated carbocycles. The fourth-order valence-electron chi connectivity index (χ4n) is 1.97. The van der Waals surface area contributed by atoms with Crippen molar-refractivity contribution in [2.45, 2.75) is 0 Å². The first-order valence-electron chi connectivity index (χ1n) is 6.45. The number of carbonyl (C=O) groups excluding carboxylic acids is 1. The monoisotopic (exact) mass is 330 g/mol. The summed E-state index contributed by atoms with van der Waals surface area (Å²) < 4.78 is 0.947. The molecule has 0 fully saturated rings. The number of amides is 1. The predicted molar refractivity (Wildman–Crippen MR) is 90.0 cm³/mol. The van der Waals surface area contributed by atoms with Crippen molar-refractivity contribution in [3.05, 3.63) is 64.0 Å². The quantitative estimate of drug-likeness (QED) is 0.562. The van der Waals surface area contributed by atoms with Crippen LogP contribution in [-0.4, -0.2) is 17.2 Å². The fraction of sp³-hybridized carbons (Fsp3) is 0. The van der Waals surface area contributed by atoms with Gasteiger partial charge in [0, 0.05) is 15.6 Å². The number of thiophene rings is 1. The minimum Gasteiger partial charge on any atom is -0.507 e. The molecule has 1 aromatic heterocycles. The van der Waals surface area contributed by atoms with Crippen molar-refractivity contribution < 1.29 is 9.90 Å². The summed E-state index contributed by atoms with van der Waals surface area (Å²) in [5.74, 6) is -0.279. The Morgan fingerprint density at radius 3 is 2.68 bits per heavy atom. The van der Waals surface area contributed by atoms with Gasteiger partial charge in [-0.25, -0.2) is 5.43 Å². The summed E-state index contributed by atoms with van der Waals surface area (Å²) in [7, 11) is 0. The number of benzene rings is 2. The van der Waals surface area contributed by atoms with E-state index in [2.05, 4.69) is 10.5 Å². The number of para-hydroxylation sites is 1. The molecule has 0 aliphatic carbocycles. The number of nitrogens with one attached hydrogen (secondary N) is 1. The van der Waals surface area contributed by atoms with Gasteiger partial charge in [-0.1, -0.05) is 41.9 Å². The van der Waals surface area contributed by atoms with Gasteiger partial charge in [0.2, 0.25) is 0 Å². The maximum absolute atomic E-state index is 12.1. The highest BCUT2D eigenvalue weighted by atomic mass is 35.5. The SMILES string of the molecule is O=C(N/N=C\c1ccccc1O)c1sc2ccccc2c1Cl. The summed E-state index contributed by atoms with van der Waals surface area (Å²) in [6.45, 7) is 0. The van der Waals surface area contributed by atoms with Gasteiger partial charge < -0.3 is 5.11 Å². The molecule has 0 saturated heterocycles. The highest BCUT2D eigenvalue weighted by Crippen LogP contribution is 2.34. The van der Waals surface area contributed by atoms with Crippen molar-refractivity contribution in [1.82, 2.24) is 5.43 Å². The fourth-order valence-corrected chi connectivity index (χ4v) is 3.37. The van der Waals surface area contributed by atoms with Crippen LogP contribution in [0.15, 0.2) is 53.6 Å². The smallest absolute Gasteiger partial charge is 0.283 e. The Balaban J connectivity index is 1.79. The lowest BCUT2D eigenvalue weighted by Crippen LogP contribution is -2.16. The van der Waals surface area contributed by atoms with Gasteiger partial charge in [0.15, 0.2) is 0 Å². The molecule has 0 aliphatic rings. The van der Waals surface area contributed by atoms with Crippen molar-refractivity contribution in [1.29, 1.82) is 0 Å². The molecular weight excluding hydrogens is 320 g/mol. The van der Waals surface area contributed by atoms with E-state index < -0.39 is 0 Å². The van der Waals surface area contributed by atoms with E-state index in [1.54, 1.807) is 24.3 Å². The third kappa shape index (κ3) is 2.81. The summed E-state index contributed by atoms with van der Waals surface area (Å²) in [5, 5.41) is 14.7. The Hall–Kier alpha value is -2.37. The molecule has 0 atom stereocenters. The second kappa shape index (κ2) is 6.17. The number of carbonyl (C=O) groups is 1. The normalized spacial score (nSPS) is 11.1. The zero-order chi connectivity index (χ0) is 15.5. The van der Waals surface area contributed by atoms with Crippen molar-refractivity contribution in [2.24, 2.45) is 5.10 Å². The second-order valence-corrected chi connectivity index (χ2v) is 5.93. The molecule has 2 aromatic carbocycles. The third-order valence-electron chi connectivity index (χ3n) is 3.05. The van der Waals surface area contributed by atoms with Crippen molar-refractivity contribution in [3.8, 4) is 5.75 Å². The van der Waals surface area contributed by atoms with Crippen LogP contribution in [0.5, 0.6) is 5.75 Å². The highest BCUT2D eigenvalue weighted by Gasteiger charge is 2.16. The van der Waals surface area contributed by atoms with Crippen LogP contribution < -0.4 is 5.43 Å². The molecule has 3 aromatic rings. The number of halogens is 1. The van der Waals surface area contributed by atoms with Crippen LogP contribution in [0.4, 0.5) is 0 Å². The van der Waals surface area contributed by atoms with Crippen LogP contribution in [0.25, 0.3) is 10.1 Å². The number of hydrazone groups is 1.